The summed E-state index contributed by atoms with van der Waals surface area (Å²) in [5.74, 6) is 0.573. The van der Waals surface area contributed by atoms with Crippen LogP contribution in [0, 0.1) is 6.92 Å². The van der Waals surface area contributed by atoms with Crippen molar-refractivity contribution >= 4 is 22.7 Å². The summed E-state index contributed by atoms with van der Waals surface area (Å²) in [6, 6.07) is 1.47. The Labute approximate surface area is 138 Å². The predicted octanol–water partition coefficient (Wildman–Crippen LogP) is 1.09. The Kier molecular flexibility index (Phi) is 6.14. The van der Waals surface area contributed by atoms with E-state index in [1.165, 1.54) is 6.07 Å². The van der Waals surface area contributed by atoms with Gasteiger partial charge in [0, 0.05) is 28.8 Å². The molecule has 7 nitrogen and oxygen atoms in total. The third-order valence-electron chi connectivity index (χ3n) is 3.31. The highest BCUT2D eigenvalue weighted by Crippen LogP contribution is 2.28. The van der Waals surface area contributed by atoms with Crippen LogP contribution < -0.4 is 5.56 Å². The van der Waals surface area contributed by atoms with Crippen molar-refractivity contribution in [3.63, 3.8) is 0 Å². The number of nitrogens with one attached hydrogen (secondary N) is 2. The van der Waals surface area contributed by atoms with Gasteiger partial charge in [0.25, 0.3) is 5.56 Å². The molecule has 0 spiro atoms. The molecule has 0 amide bonds. The molecule has 0 saturated heterocycles. The van der Waals surface area contributed by atoms with Crippen LogP contribution >= 0.6 is 11.8 Å². The van der Waals surface area contributed by atoms with Crippen LogP contribution in [0.1, 0.15) is 22.8 Å². The normalized spacial score (nSPS) is 12.1. The van der Waals surface area contributed by atoms with E-state index in [0.717, 1.165) is 16.2 Å². The molecule has 2 aromatic heterocycles. The molecule has 0 aliphatic heterocycles. The highest BCUT2D eigenvalue weighted by Gasteiger charge is 2.08. The van der Waals surface area contributed by atoms with Crippen molar-refractivity contribution in [3.8, 4) is 0 Å². The van der Waals surface area contributed by atoms with Gasteiger partial charge in [0.2, 0.25) is 0 Å². The maximum absolute atomic E-state index is 11.9. The van der Waals surface area contributed by atoms with Gasteiger partial charge in [-0.2, -0.15) is 5.10 Å². The van der Waals surface area contributed by atoms with Crippen molar-refractivity contribution in [2.45, 2.75) is 13.5 Å². The first-order valence-electron chi connectivity index (χ1n) is 7.19. The summed E-state index contributed by atoms with van der Waals surface area (Å²) >= 11 is 1.58. The Morgan fingerprint density at radius 3 is 2.91 bits per heavy atom. The number of H-pyrrole nitrogens is 2. The number of thioether (sulfide) groups is 1. The van der Waals surface area contributed by atoms with Gasteiger partial charge in [-0.15, -0.1) is 11.8 Å². The first-order valence-corrected chi connectivity index (χ1v) is 8.41. The van der Waals surface area contributed by atoms with Crippen molar-refractivity contribution in [1.29, 1.82) is 0 Å². The van der Waals surface area contributed by atoms with Gasteiger partial charge in [0.15, 0.2) is 0 Å². The van der Waals surface area contributed by atoms with Crippen LogP contribution in [-0.4, -0.2) is 56.6 Å². The summed E-state index contributed by atoms with van der Waals surface area (Å²) in [5.41, 5.74) is 2.38. The monoisotopic (exact) mass is 335 g/mol. The Morgan fingerprint density at radius 1 is 1.52 bits per heavy atom. The van der Waals surface area contributed by atoms with Crippen LogP contribution in [0.3, 0.4) is 0 Å². The van der Waals surface area contributed by atoms with E-state index < -0.39 is 0 Å². The van der Waals surface area contributed by atoms with Crippen LogP contribution in [0.2, 0.25) is 0 Å². The quantitative estimate of drug-likeness (QED) is 0.701. The lowest BCUT2D eigenvalue weighted by Gasteiger charge is -2.14. The molecule has 0 fully saturated rings. The molecule has 0 radical (unpaired) electrons. The zero-order valence-electron chi connectivity index (χ0n) is 13.5. The van der Waals surface area contributed by atoms with Gasteiger partial charge in [-0.3, -0.25) is 14.8 Å². The number of hydrogen-bond acceptors (Lipinski definition) is 6. The third kappa shape index (κ3) is 4.78. The van der Waals surface area contributed by atoms with Crippen molar-refractivity contribution < 1.29 is 5.11 Å². The summed E-state index contributed by atoms with van der Waals surface area (Å²) in [6.07, 6.45) is 5.62. The third-order valence-corrected chi connectivity index (χ3v) is 4.08. The Balaban J connectivity index is 2.32. The molecule has 0 aliphatic carbocycles. The number of aromatic nitrogens is 4. The van der Waals surface area contributed by atoms with E-state index in [2.05, 4.69) is 20.2 Å². The van der Waals surface area contributed by atoms with Crippen LogP contribution in [0.5, 0.6) is 0 Å². The molecule has 0 saturated carbocycles. The first kappa shape index (κ1) is 17.5. The van der Waals surface area contributed by atoms with Crippen molar-refractivity contribution in [3.05, 3.63) is 45.4 Å². The van der Waals surface area contributed by atoms with Crippen LogP contribution in [0.4, 0.5) is 0 Å². The molecule has 0 aliphatic rings. The standard InChI is InChI=1S/C15H21N5O2S/c1-10-12(8-16-19-10)13(23-3)6-11-7-15(22)18-14(17-11)9-20(2)4-5-21/h6-8,21H,4-5,9H2,1-3H3,(H,16,19)(H,17,18,22)/b13-6-. The minimum Gasteiger partial charge on any atom is -0.395 e. The number of aromatic amines is 2. The second kappa shape index (κ2) is 8.09. The number of likely N-dealkylation sites (N-methyl/N-ethyl adjacent to an activating group) is 1. The molecule has 3 N–H and O–H groups in total. The maximum atomic E-state index is 11.9. The van der Waals surface area contributed by atoms with Gasteiger partial charge in [0.1, 0.15) is 5.82 Å². The lowest BCUT2D eigenvalue weighted by molar-refractivity contribution is 0.214. The fourth-order valence-corrected chi connectivity index (χ4v) is 2.83. The Hall–Kier alpha value is -1.90. The highest BCUT2D eigenvalue weighted by atomic mass is 32.2. The molecular formula is C15H21N5O2S. The van der Waals surface area contributed by atoms with E-state index in [4.69, 9.17) is 5.11 Å². The average Bonchev–Trinajstić information content (AvgIpc) is 2.90. The highest BCUT2D eigenvalue weighted by molar-refractivity contribution is 8.07. The molecule has 0 atom stereocenters. The smallest absolute Gasteiger partial charge is 0.251 e. The van der Waals surface area contributed by atoms with E-state index in [1.54, 1.807) is 18.0 Å². The molecule has 2 rings (SSSR count). The van der Waals surface area contributed by atoms with Gasteiger partial charge in [-0.1, -0.05) is 0 Å². The lowest BCUT2D eigenvalue weighted by atomic mass is 10.2. The molecule has 23 heavy (non-hydrogen) atoms. The van der Waals surface area contributed by atoms with Crippen LogP contribution in [0.25, 0.3) is 11.0 Å². The first-order chi connectivity index (χ1) is 11.0. The fraction of sp³-hybridized carbons (Fsp3) is 0.400. The van der Waals surface area contributed by atoms with E-state index in [1.807, 2.05) is 31.2 Å². The lowest BCUT2D eigenvalue weighted by Crippen LogP contribution is -2.24. The zero-order chi connectivity index (χ0) is 16.8. The van der Waals surface area contributed by atoms with E-state index in [9.17, 15) is 4.79 Å². The fourth-order valence-electron chi connectivity index (χ4n) is 2.16. The number of rotatable bonds is 7. The summed E-state index contributed by atoms with van der Waals surface area (Å²) < 4.78 is 0. The molecule has 0 unspecified atom stereocenters. The topological polar surface area (TPSA) is 97.9 Å². The zero-order valence-corrected chi connectivity index (χ0v) is 14.3. The average molecular weight is 335 g/mol. The molecule has 2 heterocycles. The SMILES string of the molecule is CS/C(=C\c1cc(=O)[nH]c(CN(C)CCO)n1)c1cn[nH]c1C. The minimum atomic E-state index is -0.192. The van der Waals surface area contributed by atoms with Crippen molar-refractivity contribution in [2.75, 3.05) is 26.5 Å². The summed E-state index contributed by atoms with van der Waals surface area (Å²) in [5, 5.41) is 15.9. The van der Waals surface area contributed by atoms with Crippen LogP contribution in [-0.2, 0) is 6.54 Å². The van der Waals surface area contributed by atoms with Gasteiger partial charge in [-0.05, 0) is 26.3 Å². The maximum Gasteiger partial charge on any atom is 0.251 e. The predicted molar refractivity (Wildman–Crippen MR) is 93.0 cm³/mol. The Bertz CT molecular complexity index is 737. The van der Waals surface area contributed by atoms with E-state index in [0.29, 0.717) is 24.6 Å². The number of hydrogen-bond donors (Lipinski definition) is 3. The van der Waals surface area contributed by atoms with Gasteiger partial charge in [0.05, 0.1) is 25.0 Å². The number of aliphatic hydroxyl groups is 1. The summed E-state index contributed by atoms with van der Waals surface area (Å²) in [7, 11) is 1.86. The van der Waals surface area contributed by atoms with Gasteiger partial charge < -0.3 is 10.1 Å². The minimum absolute atomic E-state index is 0.0662. The van der Waals surface area contributed by atoms with Crippen molar-refractivity contribution in [2.24, 2.45) is 0 Å². The molecular weight excluding hydrogens is 314 g/mol. The molecule has 124 valence electrons. The number of nitrogens with zero attached hydrogens (tertiary/aromatic N) is 3. The summed E-state index contributed by atoms with van der Waals surface area (Å²) in [6.45, 7) is 3.01. The van der Waals surface area contributed by atoms with Crippen molar-refractivity contribution in [1.82, 2.24) is 25.1 Å². The van der Waals surface area contributed by atoms with Gasteiger partial charge in [-0.25, -0.2) is 4.98 Å². The second-order valence-corrected chi connectivity index (χ2v) is 6.05. The second-order valence-electron chi connectivity index (χ2n) is 5.20. The van der Waals surface area contributed by atoms with E-state index >= 15 is 0 Å². The number of aryl methyl sites for hydroxylation is 1. The molecule has 2 aromatic rings. The van der Waals surface area contributed by atoms with Gasteiger partial charge >= 0.3 is 0 Å². The largest absolute Gasteiger partial charge is 0.395 e. The number of aliphatic hydroxyl groups excluding tert-OH is 1. The molecule has 0 aromatic carbocycles. The Morgan fingerprint density at radius 2 is 2.30 bits per heavy atom. The summed E-state index contributed by atoms with van der Waals surface area (Å²) in [4.78, 5) is 21.9. The van der Waals surface area contributed by atoms with Crippen LogP contribution in [0.15, 0.2) is 17.1 Å². The van der Waals surface area contributed by atoms with E-state index in [-0.39, 0.29) is 12.2 Å². The molecule has 8 heteroatoms. The molecule has 0 bridgehead atoms.